The largest absolute Gasteiger partial charge is 0.494 e. The molecular weight excluding hydrogens is 352 g/mol. The third-order valence-corrected chi connectivity index (χ3v) is 5.23. The molecule has 28 heavy (non-hydrogen) atoms. The van der Waals surface area contributed by atoms with Gasteiger partial charge in [-0.1, -0.05) is 25.5 Å². The van der Waals surface area contributed by atoms with Gasteiger partial charge < -0.3 is 31.1 Å². The molecule has 6 nitrogen and oxygen atoms in total. The van der Waals surface area contributed by atoms with E-state index >= 15 is 0 Å². The second kappa shape index (κ2) is 9.66. The summed E-state index contributed by atoms with van der Waals surface area (Å²) in [6.07, 6.45) is 2.45. The summed E-state index contributed by atoms with van der Waals surface area (Å²) in [6.45, 7) is 4.81. The average molecular weight is 385 g/mol. The van der Waals surface area contributed by atoms with Crippen molar-refractivity contribution in [3.05, 3.63) is 48.0 Å². The number of nitrogens with two attached hydrogens (primary N) is 1. The van der Waals surface area contributed by atoms with Crippen LogP contribution >= 0.6 is 0 Å². The average Bonchev–Trinajstić information content (AvgIpc) is 3.18. The number of anilines is 3. The lowest BCUT2D eigenvalue weighted by atomic mass is 10.1. The first-order valence-corrected chi connectivity index (χ1v) is 10.1. The van der Waals surface area contributed by atoms with Crippen molar-refractivity contribution in [2.75, 3.05) is 42.7 Å². The first kappa shape index (κ1) is 20.3. The summed E-state index contributed by atoms with van der Waals surface area (Å²) in [7, 11) is 2.00. The number of nitrogens with one attached hydrogen (secondary N) is 2. The second-order valence-electron chi connectivity index (χ2n) is 7.31. The number of nitrogens with zero attached hydrogens (tertiary/aromatic N) is 1. The zero-order valence-corrected chi connectivity index (χ0v) is 16.8. The van der Waals surface area contributed by atoms with Gasteiger partial charge in [0.05, 0.1) is 18.0 Å². The Morgan fingerprint density at radius 1 is 1.25 bits per heavy atom. The van der Waals surface area contributed by atoms with E-state index in [2.05, 4.69) is 22.5 Å². The molecule has 1 aliphatic heterocycles. The number of hydrogen-bond donors (Lipinski definition) is 4. The normalized spacial score (nSPS) is 17.5. The van der Waals surface area contributed by atoms with Gasteiger partial charge in [-0.15, -0.1) is 0 Å². The molecule has 0 bridgehead atoms. The van der Waals surface area contributed by atoms with Crippen LogP contribution in [0.1, 0.15) is 38.0 Å². The summed E-state index contributed by atoms with van der Waals surface area (Å²) in [4.78, 5) is 2.30. The van der Waals surface area contributed by atoms with E-state index in [1.807, 2.05) is 49.5 Å². The highest BCUT2D eigenvalue weighted by atomic mass is 16.5. The predicted octanol–water partition coefficient (Wildman–Crippen LogP) is 3.35. The molecule has 2 aromatic rings. The maximum atomic E-state index is 10.5. The fraction of sp³-hybridized carbons (Fsp3) is 0.455. The molecule has 1 aliphatic rings. The smallest absolute Gasteiger partial charge is 0.150 e. The number of aliphatic hydroxyl groups is 1. The Balaban J connectivity index is 1.59. The summed E-state index contributed by atoms with van der Waals surface area (Å²) in [6, 6.07) is 13.9. The Morgan fingerprint density at radius 2 is 2.04 bits per heavy atom. The van der Waals surface area contributed by atoms with Crippen molar-refractivity contribution >= 4 is 17.1 Å². The SMILES string of the molecule is CCCCOc1ccc(C(O)Nc2ccc(N3CCC(NC)C3)c(N)c2)cc1. The number of likely N-dealkylation sites (N-methyl/N-ethyl adjacent to an activating group) is 1. The molecule has 0 amide bonds. The van der Waals surface area contributed by atoms with E-state index in [1.165, 1.54) is 0 Å². The Kier molecular flexibility index (Phi) is 7.01. The van der Waals surface area contributed by atoms with Crippen molar-refractivity contribution < 1.29 is 9.84 Å². The highest BCUT2D eigenvalue weighted by Gasteiger charge is 2.22. The van der Waals surface area contributed by atoms with E-state index in [0.29, 0.717) is 18.3 Å². The van der Waals surface area contributed by atoms with Crippen LogP contribution in [-0.2, 0) is 0 Å². The maximum Gasteiger partial charge on any atom is 0.150 e. The number of ether oxygens (including phenoxy) is 1. The zero-order valence-electron chi connectivity index (χ0n) is 16.8. The molecule has 3 rings (SSSR count). The molecule has 0 saturated carbocycles. The molecule has 0 radical (unpaired) electrons. The van der Waals surface area contributed by atoms with Crippen molar-refractivity contribution in [3.63, 3.8) is 0 Å². The number of nitrogen functional groups attached to an aromatic ring is 1. The number of benzene rings is 2. The Hall–Kier alpha value is -2.44. The molecule has 0 aromatic heterocycles. The molecule has 1 fully saturated rings. The third kappa shape index (κ3) is 5.09. The predicted molar refractivity (Wildman–Crippen MR) is 116 cm³/mol. The Labute approximate surface area is 167 Å². The monoisotopic (exact) mass is 384 g/mol. The summed E-state index contributed by atoms with van der Waals surface area (Å²) >= 11 is 0. The highest BCUT2D eigenvalue weighted by molar-refractivity contribution is 5.73. The van der Waals surface area contributed by atoms with Crippen LogP contribution in [-0.4, -0.2) is 37.9 Å². The van der Waals surface area contributed by atoms with Crippen LogP contribution in [0.3, 0.4) is 0 Å². The molecule has 5 N–H and O–H groups in total. The number of aliphatic hydroxyl groups excluding tert-OH is 1. The van der Waals surface area contributed by atoms with Gasteiger partial charge in [0.1, 0.15) is 5.75 Å². The molecule has 1 heterocycles. The lowest BCUT2D eigenvalue weighted by Crippen LogP contribution is -2.29. The van der Waals surface area contributed by atoms with E-state index in [9.17, 15) is 5.11 Å². The number of rotatable bonds is 9. The third-order valence-electron chi connectivity index (χ3n) is 5.23. The van der Waals surface area contributed by atoms with E-state index in [0.717, 1.165) is 55.0 Å². The van der Waals surface area contributed by atoms with Crippen molar-refractivity contribution in [1.29, 1.82) is 0 Å². The molecule has 2 atom stereocenters. The summed E-state index contributed by atoms with van der Waals surface area (Å²) in [5, 5.41) is 16.9. The summed E-state index contributed by atoms with van der Waals surface area (Å²) in [5.41, 5.74) is 9.62. The standard InChI is InChI=1S/C22H32N4O2/c1-3-4-13-28-19-8-5-16(6-9-19)22(27)25-17-7-10-21(20(23)14-17)26-12-11-18(15-26)24-2/h5-10,14,18,22,24-25,27H,3-4,11-13,15,23H2,1-2H3. The van der Waals surface area contributed by atoms with Gasteiger partial charge in [-0.2, -0.15) is 0 Å². The highest BCUT2D eigenvalue weighted by Crippen LogP contribution is 2.30. The molecule has 2 unspecified atom stereocenters. The Morgan fingerprint density at radius 3 is 2.68 bits per heavy atom. The minimum absolute atomic E-state index is 0.507. The summed E-state index contributed by atoms with van der Waals surface area (Å²) < 4.78 is 5.66. The van der Waals surface area contributed by atoms with E-state index in [1.54, 1.807) is 0 Å². The number of unbranched alkanes of at least 4 members (excludes halogenated alkanes) is 1. The number of hydrogen-bond acceptors (Lipinski definition) is 6. The van der Waals surface area contributed by atoms with Gasteiger partial charge in [0.25, 0.3) is 0 Å². The molecule has 1 saturated heterocycles. The van der Waals surface area contributed by atoms with Crippen LogP contribution in [0.15, 0.2) is 42.5 Å². The maximum absolute atomic E-state index is 10.5. The second-order valence-corrected chi connectivity index (χ2v) is 7.31. The quantitative estimate of drug-likeness (QED) is 0.302. The van der Waals surface area contributed by atoms with Crippen LogP contribution in [0.2, 0.25) is 0 Å². The van der Waals surface area contributed by atoms with E-state index < -0.39 is 6.23 Å². The van der Waals surface area contributed by atoms with Gasteiger partial charge in [0.2, 0.25) is 0 Å². The van der Waals surface area contributed by atoms with Crippen LogP contribution in [0, 0.1) is 0 Å². The van der Waals surface area contributed by atoms with E-state index in [-0.39, 0.29) is 0 Å². The van der Waals surface area contributed by atoms with Gasteiger partial charge in [-0.3, -0.25) is 0 Å². The fourth-order valence-electron chi connectivity index (χ4n) is 3.47. The van der Waals surface area contributed by atoms with Crippen molar-refractivity contribution in [2.45, 2.75) is 38.5 Å². The van der Waals surface area contributed by atoms with Gasteiger partial charge in [-0.25, -0.2) is 0 Å². The molecule has 0 spiro atoms. The van der Waals surface area contributed by atoms with Crippen LogP contribution in [0.25, 0.3) is 0 Å². The van der Waals surface area contributed by atoms with Crippen molar-refractivity contribution in [3.8, 4) is 5.75 Å². The zero-order chi connectivity index (χ0) is 19.9. The van der Waals surface area contributed by atoms with Gasteiger partial charge >= 0.3 is 0 Å². The minimum Gasteiger partial charge on any atom is -0.494 e. The lowest BCUT2D eigenvalue weighted by molar-refractivity contribution is 0.208. The molecule has 0 aliphatic carbocycles. The molecule has 152 valence electrons. The molecular formula is C22H32N4O2. The minimum atomic E-state index is -0.810. The molecule has 2 aromatic carbocycles. The van der Waals surface area contributed by atoms with Crippen LogP contribution in [0.4, 0.5) is 17.1 Å². The first-order valence-electron chi connectivity index (χ1n) is 10.1. The summed E-state index contributed by atoms with van der Waals surface area (Å²) in [5.74, 6) is 0.823. The topological polar surface area (TPSA) is 82.8 Å². The van der Waals surface area contributed by atoms with Gasteiger partial charge in [0, 0.05) is 30.4 Å². The van der Waals surface area contributed by atoms with Gasteiger partial charge in [-0.05, 0) is 50.2 Å². The van der Waals surface area contributed by atoms with Crippen LogP contribution in [0.5, 0.6) is 5.75 Å². The van der Waals surface area contributed by atoms with Crippen molar-refractivity contribution in [1.82, 2.24) is 5.32 Å². The van der Waals surface area contributed by atoms with Gasteiger partial charge in [0.15, 0.2) is 6.23 Å². The molecule has 6 heteroatoms. The van der Waals surface area contributed by atoms with Crippen LogP contribution < -0.4 is 26.0 Å². The van der Waals surface area contributed by atoms with Crippen molar-refractivity contribution in [2.24, 2.45) is 0 Å². The first-order chi connectivity index (χ1) is 13.6. The van der Waals surface area contributed by atoms with E-state index in [4.69, 9.17) is 10.5 Å². The fourth-order valence-corrected chi connectivity index (χ4v) is 3.47. The lowest BCUT2D eigenvalue weighted by Gasteiger charge is -2.22. The Bertz CT molecular complexity index is 751.